The summed E-state index contributed by atoms with van der Waals surface area (Å²) in [5.41, 5.74) is 0.420. The Bertz CT molecular complexity index is 553. The van der Waals surface area contributed by atoms with Crippen LogP contribution in [0.4, 0.5) is 10.5 Å². The van der Waals surface area contributed by atoms with Crippen molar-refractivity contribution in [2.75, 3.05) is 24.2 Å². The summed E-state index contributed by atoms with van der Waals surface area (Å²) in [5, 5.41) is 12.5. The quantitative estimate of drug-likeness (QED) is 0.892. The first-order chi connectivity index (χ1) is 10.0. The normalized spacial score (nSPS) is 18.4. The molecule has 0 aliphatic carbocycles. The molecule has 1 aliphatic rings. The fraction of sp³-hybridized carbons (Fsp3) is 0.429. The number of halogens is 1. The monoisotopic (exact) mass is 328 g/mol. The van der Waals surface area contributed by atoms with Gasteiger partial charge in [-0.25, -0.2) is 9.59 Å². The Morgan fingerprint density at radius 1 is 1.52 bits per heavy atom. The van der Waals surface area contributed by atoms with E-state index in [1.807, 2.05) is 11.8 Å². The van der Waals surface area contributed by atoms with Gasteiger partial charge in [0, 0.05) is 24.1 Å². The molecule has 0 radical (unpaired) electrons. The largest absolute Gasteiger partial charge is 0.478 e. The van der Waals surface area contributed by atoms with Gasteiger partial charge in [-0.1, -0.05) is 18.5 Å². The Balaban J connectivity index is 2.08. The van der Waals surface area contributed by atoms with Crippen molar-refractivity contribution >= 4 is 41.1 Å². The lowest BCUT2D eigenvalue weighted by Gasteiger charge is -2.32. The molecular weight excluding hydrogens is 312 g/mol. The smallest absolute Gasteiger partial charge is 0.335 e. The molecule has 0 bridgehead atoms. The van der Waals surface area contributed by atoms with Crippen LogP contribution < -0.4 is 5.32 Å². The van der Waals surface area contributed by atoms with E-state index in [4.69, 9.17) is 16.7 Å². The highest BCUT2D eigenvalue weighted by Gasteiger charge is 2.23. The summed E-state index contributed by atoms with van der Waals surface area (Å²) in [7, 11) is 0. The number of anilines is 1. The van der Waals surface area contributed by atoms with Crippen LogP contribution in [0.1, 0.15) is 23.7 Å². The van der Waals surface area contributed by atoms with Crippen LogP contribution in [-0.2, 0) is 0 Å². The van der Waals surface area contributed by atoms with Crippen LogP contribution in [0.2, 0.25) is 5.02 Å². The Morgan fingerprint density at radius 2 is 2.29 bits per heavy atom. The van der Waals surface area contributed by atoms with Crippen LogP contribution in [0, 0.1) is 0 Å². The standard InChI is InChI=1S/C14H17ClN2O3S/c1-2-10-8-17(5-6-21-10)14(20)16-12-7-9(13(18)19)3-4-11(12)15/h3-4,7,10H,2,5-6,8H2,1H3,(H,16,20)(H,18,19). The molecule has 2 N–H and O–H groups in total. The number of carboxylic acids is 1. The lowest BCUT2D eigenvalue weighted by molar-refractivity contribution is 0.0697. The molecule has 114 valence electrons. The van der Waals surface area contributed by atoms with E-state index >= 15 is 0 Å². The summed E-state index contributed by atoms with van der Waals surface area (Å²) in [6.07, 6.45) is 1.02. The van der Waals surface area contributed by atoms with E-state index in [-0.39, 0.29) is 11.6 Å². The summed E-state index contributed by atoms with van der Waals surface area (Å²) in [6, 6.07) is 4.02. The second-order valence-electron chi connectivity index (χ2n) is 4.78. The van der Waals surface area contributed by atoms with E-state index in [0.29, 0.717) is 29.0 Å². The van der Waals surface area contributed by atoms with Crippen molar-refractivity contribution in [3.05, 3.63) is 28.8 Å². The predicted molar refractivity (Wildman–Crippen MR) is 85.5 cm³/mol. The second kappa shape index (κ2) is 7.04. The summed E-state index contributed by atoms with van der Waals surface area (Å²) in [6.45, 7) is 3.48. The Kier molecular flexibility index (Phi) is 5.36. The molecule has 2 amide bonds. The van der Waals surface area contributed by atoms with Gasteiger partial charge in [0.15, 0.2) is 0 Å². The molecule has 1 heterocycles. The number of urea groups is 1. The number of carbonyl (C=O) groups excluding carboxylic acids is 1. The highest BCUT2D eigenvalue weighted by Crippen LogP contribution is 2.25. The first-order valence-corrected chi connectivity index (χ1v) is 8.14. The number of aromatic carboxylic acids is 1. The maximum Gasteiger partial charge on any atom is 0.335 e. The van der Waals surface area contributed by atoms with Gasteiger partial charge in [0.2, 0.25) is 0 Å². The third kappa shape index (κ3) is 4.04. The van der Waals surface area contributed by atoms with E-state index in [9.17, 15) is 9.59 Å². The molecule has 2 rings (SSSR count). The molecule has 0 spiro atoms. The fourth-order valence-corrected chi connectivity index (χ4v) is 3.44. The number of amides is 2. The van der Waals surface area contributed by atoms with Crippen LogP contribution in [0.3, 0.4) is 0 Å². The molecule has 1 aromatic rings. The number of rotatable bonds is 3. The molecule has 1 unspecified atom stereocenters. The molecule has 1 saturated heterocycles. The number of carbonyl (C=O) groups is 2. The minimum Gasteiger partial charge on any atom is -0.478 e. The third-order valence-electron chi connectivity index (χ3n) is 3.34. The van der Waals surface area contributed by atoms with Gasteiger partial charge in [0.05, 0.1) is 16.3 Å². The van der Waals surface area contributed by atoms with E-state index in [1.54, 1.807) is 4.90 Å². The lowest BCUT2D eigenvalue weighted by Crippen LogP contribution is -2.44. The molecule has 1 fully saturated rings. The van der Waals surface area contributed by atoms with Crippen molar-refractivity contribution < 1.29 is 14.7 Å². The second-order valence-corrected chi connectivity index (χ2v) is 6.59. The van der Waals surface area contributed by atoms with Gasteiger partial charge in [0.1, 0.15) is 0 Å². The zero-order valence-electron chi connectivity index (χ0n) is 11.6. The van der Waals surface area contributed by atoms with E-state index in [1.165, 1.54) is 18.2 Å². The Hall–Kier alpha value is -1.40. The van der Waals surface area contributed by atoms with E-state index < -0.39 is 5.97 Å². The lowest BCUT2D eigenvalue weighted by atomic mass is 10.2. The number of thioether (sulfide) groups is 1. The van der Waals surface area contributed by atoms with Crippen LogP contribution in [-0.4, -0.2) is 46.1 Å². The first kappa shape index (κ1) is 16.0. The predicted octanol–water partition coefficient (Wildman–Crippen LogP) is 3.40. The summed E-state index contributed by atoms with van der Waals surface area (Å²) in [5.74, 6) is -0.142. The van der Waals surface area contributed by atoms with Gasteiger partial charge < -0.3 is 15.3 Å². The summed E-state index contributed by atoms with van der Waals surface area (Å²) < 4.78 is 0. The van der Waals surface area contributed by atoms with Crippen molar-refractivity contribution in [1.29, 1.82) is 0 Å². The van der Waals surface area contributed by atoms with Gasteiger partial charge in [-0.2, -0.15) is 11.8 Å². The third-order valence-corrected chi connectivity index (χ3v) is 5.04. The minimum absolute atomic E-state index is 0.0929. The van der Waals surface area contributed by atoms with Gasteiger partial charge in [-0.3, -0.25) is 0 Å². The molecule has 21 heavy (non-hydrogen) atoms. The topological polar surface area (TPSA) is 69.6 Å². The molecule has 1 atom stereocenters. The van der Waals surface area contributed by atoms with Crippen molar-refractivity contribution in [3.63, 3.8) is 0 Å². The zero-order chi connectivity index (χ0) is 15.4. The van der Waals surface area contributed by atoms with Crippen molar-refractivity contribution in [2.24, 2.45) is 0 Å². The average Bonchev–Trinajstić information content (AvgIpc) is 2.49. The molecule has 1 aromatic carbocycles. The zero-order valence-corrected chi connectivity index (χ0v) is 13.2. The first-order valence-electron chi connectivity index (χ1n) is 6.71. The molecular formula is C14H17ClN2O3S. The van der Waals surface area contributed by atoms with Gasteiger partial charge >= 0.3 is 12.0 Å². The number of benzene rings is 1. The van der Waals surface area contributed by atoms with Crippen LogP contribution >= 0.6 is 23.4 Å². The van der Waals surface area contributed by atoms with Crippen LogP contribution in [0.5, 0.6) is 0 Å². The maximum absolute atomic E-state index is 12.3. The van der Waals surface area contributed by atoms with Crippen molar-refractivity contribution in [1.82, 2.24) is 4.90 Å². The number of hydrogen-bond acceptors (Lipinski definition) is 3. The number of carboxylic acid groups (broad SMARTS) is 1. The van der Waals surface area contributed by atoms with Crippen LogP contribution in [0.15, 0.2) is 18.2 Å². The van der Waals surface area contributed by atoms with Gasteiger partial charge in [0.25, 0.3) is 0 Å². The van der Waals surface area contributed by atoms with Crippen molar-refractivity contribution in [3.8, 4) is 0 Å². The Labute approximate surface area is 132 Å². The van der Waals surface area contributed by atoms with Gasteiger partial charge in [-0.05, 0) is 24.6 Å². The molecule has 0 aromatic heterocycles. The van der Waals surface area contributed by atoms with Crippen LogP contribution in [0.25, 0.3) is 0 Å². The highest BCUT2D eigenvalue weighted by molar-refractivity contribution is 8.00. The van der Waals surface area contributed by atoms with E-state index in [2.05, 4.69) is 12.2 Å². The molecule has 5 nitrogen and oxygen atoms in total. The van der Waals surface area contributed by atoms with Gasteiger partial charge in [-0.15, -0.1) is 0 Å². The average molecular weight is 329 g/mol. The summed E-state index contributed by atoms with van der Waals surface area (Å²) in [4.78, 5) is 25.0. The Morgan fingerprint density at radius 3 is 2.95 bits per heavy atom. The number of hydrogen-bond donors (Lipinski definition) is 2. The number of nitrogens with one attached hydrogen (secondary N) is 1. The molecule has 0 saturated carbocycles. The SMILES string of the molecule is CCC1CN(C(=O)Nc2cc(C(=O)O)ccc2Cl)CCS1. The van der Waals surface area contributed by atoms with E-state index in [0.717, 1.165) is 12.2 Å². The minimum atomic E-state index is -1.05. The summed E-state index contributed by atoms with van der Waals surface area (Å²) >= 11 is 7.88. The molecule has 1 aliphatic heterocycles. The molecule has 7 heteroatoms. The highest BCUT2D eigenvalue weighted by atomic mass is 35.5. The van der Waals surface area contributed by atoms with Crippen molar-refractivity contribution in [2.45, 2.75) is 18.6 Å². The number of nitrogens with zero attached hydrogens (tertiary/aromatic N) is 1. The maximum atomic E-state index is 12.3. The fourth-order valence-electron chi connectivity index (χ4n) is 2.10.